The predicted molar refractivity (Wildman–Crippen MR) is 205 cm³/mol. The fourth-order valence-corrected chi connectivity index (χ4v) is 4.45. The average molecular weight is 656 g/mol. The minimum absolute atomic E-state index is 0.0506. The highest BCUT2D eigenvalue weighted by Gasteiger charge is 2.29. The lowest BCUT2D eigenvalue weighted by atomic mass is 9.94. The van der Waals surface area contributed by atoms with Crippen LogP contribution in [0.3, 0.4) is 0 Å². The molecule has 1 unspecified atom stereocenters. The Hall–Kier alpha value is -4.82. The van der Waals surface area contributed by atoms with Crippen molar-refractivity contribution in [2.75, 3.05) is 0 Å². The molecule has 260 valence electrons. The van der Waals surface area contributed by atoms with Crippen molar-refractivity contribution >= 4 is 24.3 Å². The summed E-state index contributed by atoms with van der Waals surface area (Å²) < 4.78 is 7.27. The van der Waals surface area contributed by atoms with Gasteiger partial charge in [-0.2, -0.15) is 5.10 Å². The van der Waals surface area contributed by atoms with Gasteiger partial charge < -0.3 is 20.6 Å². The molecule has 1 fully saturated rings. The van der Waals surface area contributed by atoms with Crippen molar-refractivity contribution in [3.63, 3.8) is 0 Å². The molecule has 3 N–H and O–H groups in total. The van der Waals surface area contributed by atoms with Gasteiger partial charge >= 0.3 is 5.97 Å². The summed E-state index contributed by atoms with van der Waals surface area (Å²) in [6.07, 6.45) is 10.5. The van der Waals surface area contributed by atoms with Gasteiger partial charge in [-0.15, -0.1) is 6.58 Å². The third-order valence-electron chi connectivity index (χ3n) is 6.27. The second-order valence-electron chi connectivity index (χ2n) is 10.3. The summed E-state index contributed by atoms with van der Waals surface area (Å²) in [6.45, 7) is 24.9. The molecule has 2 heterocycles. The number of nitrogens with zero attached hydrogens (tertiary/aromatic N) is 3. The number of nitrogens with one attached hydrogen (secondary N) is 2. The van der Waals surface area contributed by atoms with E-state index < -0.39 is 6.10 Å². The molecule has 0 spiro atoms. The van der Waals surface area contributed by atoms with Crippen molar-refractivity contribution < 1.29 is 14.6 Å². The van der Waals surface area contributed by atoms with E-state index in [2.05, 4.69) is 49.1 Å². The highest BCUT2D eigenvalue weighted by Crippen LogP contribution is 2.36. The van der Waals surface area contributed by atoms with Gasteiger partial charge in [0, 0.05) is 28.8 Å². The molecule has 0 bridgehead atoms. The standard InChI is InChI=1S/C28H30N4O3.C5H10.C3H6.C2H5N.C2H6/c1-19(2)29-18-30-20(3)32-28(22-12-8-5-9-13-22)25(27(31-32)21-10-6-4-7-11-21)15-14-24-16-23(33)17-26(34)35-24;1-3-5-4-2;1-3-2;1-2-3;1-2/h4-13,18,23-24,33H,1,3,14-17H2,2H3,(H,29,30);3,5H,4H2,1-2H3;3H,1H2,2H3;2-3H,1H3;1-2H3/b;5-3-;;;/t23?,24-;;;;/m1..../s1. The summed E-state index contributed by atoms with van der Waals surface area (Å²) in [6, 6.07) is 19.9. The van der Waals surface area contributed by atoms with Crippen LogP contribution in [0.25, 0.3) is 28.3 Å². The van der Waals surface area contributed by atoms with E-state index in [0.29, 0.717) is 25.1 Å². The molecule has 4 rings (SSSR count). The molecule has 1 aliphatic rings. The summed E-state index contributed by atoms with van der Waals surface area (Å²) >= 11 is 0. The predicted octanol–water partition coefficient (Wildman–Crippen LogP) is 9.64. The van der Waals surface area contributed by atoms with Gasteiger partial charge in [-0.05, 0) is 53.2 Å². The largest absolute Gasteiger partial charge is 0.462 e. The van der Waals surface area contributed by atoms with Crippen LogP contribution in [-0.2, 0) is 16.0 Å². The average Bonchev–Trinajstić information content (AvgIpc) is 3.46. The number of cyclic esters (lactones) is 1. The van der Waals surface area contributed by atoms with Gasteiger partial charge in [-0.3, -0.25) is 4.79 Å². The second kappa shape index (κ2) is 26.3. The Morgan fingerprint density at radius 1 is 1.08 bits per heavy atom. The van der Waals surface area contributed by atoms with Gasteiger partial charge in [0.05, 0.1) is 30.3 Å². The number of ether oxygens (including phenoxy) is 1. The number of carbonyl (C=O) groups is 1. The van der Waals surface area contributed by atoms with E-state index in [1.807, 2.05) is 95.3 Å². The smallest absolute Gasteiger partial charge is 0.308 e. The van der Waals surface area contributed by atoms with Crippen LogP contribution in [0, 0.1) is 5.41 Å². The van der Waals surface area contributed by atoms with Crippen LogP contribution in [-0.4, -0.2) is 45.6 Å². The lowest BCUT2D eigenvalue weighted by Crippen LogP contribution is -2.32. The number of hydrogen-bond donors (Lipinski definition) is 3. The van der Waals surface area contributed by atoms with Gasteiger partial charge in [0.1, 0.15) is 11.9 Å². The Morgan fingerprint density at radius 2 is 1.62 bits per heavy atom. The molecular weight excluding hydrogens is 598 g/mol. The van der Waals surface area contributed by atoms with E-state index in [-0.39, 0.29) is 18.5 Å². The summed E-state index contributed by atoms with van der Waals surface area (Å²) in [7, 11) is 0. The van der Waals surface area contributed by atoms with Crippen molar-refractivity contribution in [1.29, 1.82) is 5.41 Å². The number of esters is 1. The maximum Gasteiger partial charge on any atom is 0.308 e. The van der Waals surface area contributed by atoms with Crippen LogP contribution >= 0.6 is 0 Å². The number of benzene rings is 2. The van der Waals surface area contributed by atoms with Crippen molar-refractivity contribution in [3.8, 4) is 22.5 Å². The van der Waals surface area contributed by atoms with E-state index in [4.69, 9.17) is 15.2 Å². The molecule has 0 saturated carbocycles. The molecule has 2 aromatic carbocycles. The van der Waals surface area contributed by atoms with Gasteiger partial charge in [0.2, 0.25) is 0 Å². The SMILES string of the molecule is C/C=C\CC.C=C(C)N/C=N/C(=C)n1nc(-c2ccccc2)c(CC[C@@H]2CC(O)CC(=O)O2)c1-c1ccccc1.C=CC.CC.CC=N. The maximum absolute atomic E-state index is 11.9. The Balaban J connectivity index is 0.00000147. The molecule has 1 aromatic heterocycles. The van der Waals surface area contributed by atoms with E-state index >= 15 is 0 Å². The highest BCUT2D eigenvalue weighted by atomic mass is 16.5. The zero-order valence-electron chi connectivity index (χ0n) is 30.1. The number of rotatable bonds is 10. The molecule has 8 heteroatoms. The number of aliphatic imine (C=N–C) groups is 1. The molecule has 48 heavy (non-hydrogen) atoms. The van der Waals surface area contributed by atoms with Crippen molar-refractivity contribution in [1.82, 2.24) is 15.1 Å². The first-order chi connectivity index (χ1) is 23.2. The topological polar surface area (TPSA) is 113 Å². The van der Waals surface area contributed by atoms with E-state index in [1.165, 1.54) is 6.21 Å². The van der Waals surface area contributed by atoms with Gasteiger partial charge in [0.25, 0.3) is 0 Å². The first-order valence-electron chi connectivity index (χ1n) is 16.5. The quantitative estimate of drug-likeness (QED) is 0.0871. The van der Waals surface area contributed by atoms with Crippen molar-refractivity contribution in [2.45, 2.75) is 92.8 Å². The zero-order valence-corrected chi connectivity index (χ0v) is 30.1. The van der Waals surface area contributed by atoms with Gasteiger partial charge in [-0.1, -0.05) is 113 Å². The lowest BCUT2D eigenvalue weighted by Gasteiger charge is -2.26. The first kappa shape index (κ1) is 43.2. The minimum Gasteiger partial charge on any atom is -0.462 e. The van der Waals surface area contributed by atoms with Crippen LogP contribution in [0.5, 0.6) is 0 Å². The fourth-order valence-electron chi connectivity index (χ4n) is 4.45. The molecular formula is C40H57N5O3. The second-order valence-corrected chi connectivity index (χ2v) is 10.3. The molecule has 0 radical (unpaired) electrons. The van der Waals surface area contributed by atoms with Crippen molar-refractivity contribution in [3.05, 3.63) is 110 Å². The lowest BCUT2D eigenvalue weighted by molar-refractivity contribution is -0.160. The molecule has 0 amide bonds. The minimum atomic E-state index is -0.666. The van der Waals surface area contributed by atoms with Crippen LogP contribution < -0.4 is 5.32 Å². The summed E-state index contributed by atoms with van der Waals surface area (Å²) in [5.74, 6) is 0.0873. The number of aromatic nitrogens is 2. The Morgan fingerprint density at radius 3 is 2.08 bits per heavy atom. The number of allylic oxidation sites excluding steroid dienone is 4. The Labute approximate surface area is 289 Å². The third kappa shape index (κ3) is 16.1. The number of aliphatic hydroxyl groups is 1. The van der Waals surface area contributed by atoms with Crippen LogP contribution in [0.4, 0.5) is 0 Å². The normalized spacial score (nSPS) is 14.7. The van der Waals surface area contributed by atoms with E-state index in [0.717, 1.165) is 40.2 Å². The van der Waals surface area contributed by atoms with E-state index in [1.54, 1.807) is 24.0 Å². The molecule has 0 aliphatic carbocycles. The monoisotopic (exact) mass is 655 g/mol. The summed E-state index contributed by atoms with van der Waals surface area (Å²) in [4.78, 5) is 16.3. The third-order valence-corrected chi connectivity index (χ3v) is 6.27. The Kier molecular flexibility index (Phi) is 23.6. The molecule has 8 nitrogen and oxygen atoms in total. The molecule has 1 saturated heterocycles. The van der Waals surface area contributed by atoms with E-state index in [9.17, 15) is 9.90 Å². The molecule has 3 aromatic rings. The fraction of sp³-hybridized carbons (Fsp3) is 0.350. The zero-order chi connectivity index (χ0) is 36.3. The Bertz CT molecular complexity index is 1420. The number of aliphatic hydroxyl groups excluding tert-OH is 1. The summed E-state index contributed by atoms with van der Waals surface area (Å²) in [5, 5.41) is 24.1. The summed E-state index contributed by atoms with van der Waals surface area (Å²) in [5.41, 5.74) is 5.40. The first-order valence-corrected chi connectivity index (χ1v) is 16.5. The van der Waals surface area contributed by atoms with Gasteiger partial charge in [-0.25, -0.2) is 9.67 Å². The molecule has 1 aliphatic heterocycles. The number of carbonyl (C=O) groups excluding carboxylic acids is 1. The molecule has 2 atom stereocenters. The van der Waals surface area contributed by atoms with Crippen LogP contribution in [0.1, 0.15) is 79.7 Å². The van der Waals surface area contributed by atoms with Crippen LogP contribution in [0.2, 0.25) is 0 Å². The van der Waals surface area contributed by atoms with Crippen molar-refractivity contribution in [2.24, 2.45) is 4.99 Å². The highest BCUT2D eigenvalue weighted by molar-refractivity contribution is 5.78. The van der Waals surface area contributed by atoms with Crippen LogP contribution in [0.15, 0.2) is 109 Å². The maximum atomic E-state index is 11.9. The number of hydrogen-bond acceptors (Lipinski definition) is 6. The van der Waals surface area contributed by atoms with Gasteiger partial charge in [0.15, 0.2) is 0 Å².